The second-order valence-corrected chi connectivity index (χ2v) is 16.8. The van der Waals surface area contributed by atoms with Gasteiger partial charge in [-0.05, 0) is 100 Å². The summed E-state index contributed by atoms with van der Waals surface area (Å²) in [6, 6.07) is 40.8. The Hall–Kier alpha value is -6.33. The summed E-state index contributed by atoms with van der Waals surface area (Å²) in [4.78, 5) is 45.7. The molecule has 0 unspecified atom stereocenters. The fourth-order valence-electron chi connectivity index (χ4n) is 8.56. The van der Waals surface area contributed by atoms with Crippen molar-refractivity contribution in [2.24, 2.45) is 0 Å². The molecule has 328 valence electrons. The van der Waals surface area contributed by atoms with Crippen molar-refractivity contribution in [3.05, 3.63) is 177 Å². The topological polar surface area (TPSA) is 107 Å². The van der Waals surface area contributed by atoms with Gasteiger partial charge >= 0.3 is 5.97 Å². The number of hydrogen-bond donors (Lipinski definition) is 1. The molecule has 0 saturated carbocycles. The van der Waals surface area contributed by atoms with Gasteiger partial charge in [0, 0.05) is 31.6 Å². The molecule has 0 spiro atoms. The van der Waals surface area contributed by atoms with Crippen LogP contribution in [0.4, 0.5) is 5.69 Å². The Labute approximate surface area is 383 Å². The highest BCUT2D eigenvalue weighted by molar-refractivity contribution is 6.42. The molecule has 2 amide bonds. The highest BCUT2D eigenvalue weighted by Crippen LogP contribution is 2.43. The monoisotopic (exact) mass is 897 g/mol. The maximum absolute atomic E-state index is 14.7. The van der Waals surface area contributed by atoms with Crippen LogP contribution in [0.3, 0.4) is 0 Å². The van der Waals surface area contributed by atoms with Crippen molar-refractivity contribution in [3.8, 4) is 28.4 Å². The number of anilines is 1. The Kier molecular flexibility index (Phi) is 13.6. The van der Waals surface area contributed by atoms with Crippen LogP contribution in [0.15, 0.2) is 133 Å². The molecular formula is C52H49Cl2N3O7. The molecule has 2 heterocycles. The van der Waals surface area contributed by atoms with E-state index in [9.17, 15) is 14.4 Å². The van der Waals surface area contributed by atoms with Gasteiger partial charge in [0.05, 0.1) is 36.0 Å². The summed E-state index contributed by atoms with van der Waals surface area (Å²) < 4.78 is 23.0. The van der Waals surface area contributed by atoms with Crippen LogP contribution < -0.4 is 24.4 Å². The zero-order chi connectivity index (χ0) is 44.9. The first kappa shape index (κ1) is 44.3. The molecule has 0 aliphatic carbocycles. The maximum Gasteiger partial charge on any atom is 0.328 e. The normalized spacial score (nSPS) is 16.7. The van der Waals surface area contributed by atoms with Gasteiger partial charge in [0.1, 0.15) is 29.9 Å². The van der Waals surface area contributed by atoms with Crippen molar-refractivity contribution in [1.29, 1.82) is 0 Å². The van der Waals surface area contributed by atoms with E-state index < -0.39 is 24.2 Å². The molecule has 64 heavy (non-hydrogen) atoms. The van der Waals surface area contributed by atoms with E-state index in [2.05, 4.69) is 29.3 Å². The molecule has 6 aromatic carbocycles. The third-order valence-corrected chi connectivity index (χ3v) is 12.8. The number of methoxy groups -OCH3 is 2. The van der Waals surface area contributed by atoms with Crippen molar-refractivity contribution >= 4 is 46.7 Å². The van der Waals surface area contributed by atoms with E-state index >= 15 is 0 Å². The maximum atomic E-state index is 14.7. The molecule has 8 rings (SSSR count). The van der Waals surface area contributed by atoms with Gasteiger partial charge in [-0.2, -0.15) is 0 Å². The summed E-state index contributed by atoms with van der Waals surface area (Å²) in [6.07, 6.45) is 0.447. The average molecular weight is 899 g/mol. The highest BCUT2D eigenvalue weighted by Gasteiger charge is 2.40. The zero-order valence-electron chi connectivity index (χ0n) is 36.1. The molecular weight excluding hydrogens is 849 g/mol. The summed E-state index contributed by atoms with van der Waals surface area (Å²) in [5, 5.41) is 4.02. The fourth-order valence-corrected chi connectivity index (χ4v) is 8.88. The van der Waals surface area contributed by atoms with Crippen molar-refractivity contribution < 1.29 is 33.3 Å². The second kappa shape index (κ2) is 19.6. The van der Waals surface area contributed by atoms with Crippen molar-refractivity contribution in [2.45, 2.75) is 63.6 Å². The minimum atomic E-state index is -0.926. The van der Waals surface area contributed by atoms with Crippen molar-refractivity contribution in [3.63, 3.8) is 0 Å². The first-order valence-electron chi connectivity index (χ1n) is 21.2. The Morgan fingerprint density at radius 2 is 1.47 bits per heavy atom. The third kappa shape index (κ3) is 9.60. The molecule has 0 fully saturated rings. The largest absolute Gasteiger partial charge is 0.497 e. The number of carbonyl (C=O) groups is 3. The molecule has 2 aliphatic heterocycles. The fraction of sp³-hybridized carbons (Fsp3) is 0.250. The van der Waals surface area contributed by atoms with Crippen LogP contribution in [-0.2, 0) is 45.1 Å². The van der Waals surface area contributed by atoms with Crippen molar-refractivity contribution in [1.82, 2.24) is 10.2 Å². The van der Waals surface area contributed by atoms with Crippen LogP contribution in [0.25, 0.3) is 11.1 Å². The van der Waals surface area contributed by atoms with E-state index in [1.54, 1.807) is 31.2 Å². The molecule has 12 heteroatoms. The standard InChI is InChI=1S/C52H49Cl2N3O7/c1-5-45(36-9-7-6-8-10-36)57-30-39-29-48-46(56(2)51(59)49(64-48)37-18-22-41(23-19-37)63-31-33-13-24-42(53)43(54)25-33)27-38(39)28-47(57)50(58)55-44(52(60)62-4)26-32-11-14-34(15-12-32)35-16-20-40(61-3)21-17-35/h6-25,27,29,44-45,47,49H,5,26,28,30-31H2,1-4H3,(H,55,58)/t44-,45-,47-,49-/m0/s1. The first-order chi connectivity index (χ1) is 31.0. The number of nitrogens with one attached hydrogen (secondary N) is 1. The van der Waals surface area contributed by atoms with E-state index in [1.165, 1.54) is 7.11 Å². The van der Waals surface area contributed by atoms with Crippen LogP contribution in [-0.4, -0.2) is 56.0 Å². The molecule has 6 aromatic rings. The van der Waals surface area contributed by atoms with Crippen LogP contribution in [0.5, 0.6) is 17.2 Å². The highest BCUT2D eigenvalue weighted by atomic mass is 35.5. The third-order valence-electron chi connectivity index (χ3n) is 12.1. The van der Waals surface area contributed by atoms with Crippen LogP contribution in [0.2, 0.25) is 10.0 Å². The Balaban J connectivity index is 1.03. The van der Waals surface area contributed by atoms with Gasteiger partial charge in [-0.25, -0.2) is 4.79 Å². The first-order valence-corrected chi connectivity index (χ1v) is 22.0. The van der Waals surface area contributed by atoms with Crippen LogP contribution >= 0.6 is 23.2 Å². The summed E-state index contributed by atoms with van der Waals surface area (Å²) in [5.74, 6) is 0.937. The number of esters is 1. The summed E-state index contributed by atoms with van der Waals surface area (Å²) in [7, 11) is 4.71. The molecule has 4 atom stereocenters. The number of ether oxygens (including phenoxy) is 4. The number of carbonyl (C=O) groups excluding carboxylic acids is 3. The smallest absolute Gasteiger partial charge is 0.328 e. The van der Waals surface area contributed by atoms with Gasteiger partial charge in [-0.3, -0.25) is 14.5 Å². The lowest BCUT2D eigenvalue weighted by atomic mass is 9.88. The Morgan fingerprint density at radius 1 is 0.797 bits per heavy atom. The SMILES string of the molecule is CC[C@@H](c1ccccc1)N1Cc2cc3c(cc2C[C@H]1C(=O)N[C@@H](Cc1ccc(-c2ccc(OC)cc2)cc1)C(=O)OC)N(C)C(=O)[C@H](c1ccc(OCc2ccc(Cl)c(Cl)c2)cc1)O3. The number of halogens is 2. The number of benzene rings is 6. The van der Waals surface area contributed by atoms with E-state index in [1.807, 2.05) is 109 Å². The van der Waals surface area contributed by atoms with Gasteiger partial charge in [-0.1, -0.05) is 115 Å². The van der Waals surface area contributed by atoms with Gasteiger partial charge < -0.3 is 29.2 Å². The van der Waals surface area contributed by atoms with Gasteiger partial charge in [0.25, 0.3) is 5.91 Å². The lowest BCUT2D eigenvalue weighted by Gasteiger charge is -2.42. The van der Waals surface area contributed by atoms with E-state index in [-0.39, 0.29) is 24.3 Å². The van der Waals surface area contributed by atoms with Crippen molar-refractivity contribution in [2.75, 3.05) is 26.2 Å². The van der Waals surface area contributed by atoms with E-state index in [4.69, 9.17) is 42.1 Å². The summed E-state index contributed by atoms with van der Waals surface area (Å²) in [5.41, 5.74) is 8.09. The second-order valence-electron chi connectivity index (χ2n) is 16.0. The molecule has 0 radical (unpaired) electrons. The van der Waals surface area contributed by atoms with Gasteiger partial charge in [-0.15, -0.1) is 0 Å². The zero-order valence-corrected chi connectivity index (χ0v) is 37.6. The Morgan fingerprint density at radius 3 is 2.12 bits per heavy atom. The number of hydrogen-bond acceptors (Lipinski definition) is 8. The van der Waals surface area contributed by atoms with E-state index in [0.717, 1.165) is 51.1 Å². The molecule has 0 bridgehead atoms. The molecule has 0 saturated heterocycles. The van der Waals surface area contributed by atoms with Gasteiger partial charge in [0.15, 0.2) is 0 Å². The summed E-state index contributed by atoms with van der Waals surface area (Å²) in [6.45, 7) is 2.84. The predicted molar refractivity (Wildman–Crippen MR) is 249 cm³/mol. The summed E-state index contributed by atoms with van der Waals surface area (Å²) >= 11 is 12.2. The molecule has 10 nitrogen and oxygen atoms in total. The number of rotatable bonds is 14. The van der Waals surface area contributed by atoms with Gasteiger partial charge in [0.2, 0.25) is 12.0 Å². The quantitative estimate of drug-likeness (QED) is 0.108. The number of amides is 2. The average Bonchev–Trinajstić information content (AvgIpc) is 3.33. The lowest BCUT2D eigenvalue weighted by Crippen LogP contribution is -2.55. The predicted octanol–water partition coefficient (Wildman–Crippen LogP) is 10.1. The molecule has 1 N–H and O–H groups in total. The van der Waals surface area contributed by atoms with Crippen LogP contribution in [0, 0.1) is 0 Å². The number of nitrogens with zero attached hydrogens (tertiary/aromatic N) is 2. The number of likely N-dealkylation sites (N-methyl/N-ethyl adjacent to an activating group) is 1. The molecule has 0 aromatic heterocycles. The number of fused-ring (bicyclic) bond motifs is 2. The minimum Gasteiger partial charge on any atom is -0.497 e. The van der Waals surface area contributed by atoms with Crippen LogP contribution in [0.1, 0.15) is 58.9 Å². The molecule has 2 aliphatic rings. The van der Waals surface area contributed by atoms with E-state index in [0.29, 0.717) is 52.4 Å². The Bertz CT molecular complexity index is 2620. The lowest BCUT2D eigenvalue weighted by molar-refractivity contribution is -0.146. The minimum absolute atomic E-state index is 0.112.